The van der Waals surface area contributed by atoms with Crippen LogP contribution in [0.3, 0.4) is 0 Å². The molecule has 0 aromatic heterocycles. The standard InChI is InChI=1S/C18H20BrNO3S/c1-3-12-24(22,23)17-7-5-4-6-16(17)18(21)20-13(2)14-8-10-15(19)11-9-14/h4-11,13H,3,12H2,1-2H3,(H,20,21). The lowest BCUT2D eigenvalue weighted by Crippen LogP contribution is -2.28. The monoisotopic (exact) mass is 409 g/mol. The molecular formula is C18H20BrNO3S. The summed E-state index contributed by atoms with van der Waals surface area (Å²) in [6.45, 7) is 3.67. The van der Waals surface area contributed by atoms with Gasteiger partial charge in [0.2, 0.25) is 0 Å². The molecule has 0 spiro atoms. The Morgan fingerprint density at radius 2 is 1.75 bits per heavy atom. The number of hydrogen-bond donors (Lipinski definition) is 1. The van der Waals surface area contributed by atoms with E-state index in [1.165, 1.54) is 6.07 Å². The molecule has 0 heterocycles. The molecule has 0 saturated heterocycles. The van der Waals surface area contributed by atoms with Crippen LogP contribution >= 0.6 is 15.9 Å². The van der Waals surface area contributed by atoms with Crippen molar-refractivity contribution < 1.29 is 13.2 Å². The van der Waals surface area contributed by atoms with E-state index in [9.17, 15) is 13.2 Å². The normalized spacial score (nSPS) is 12.6. The molecule has 4 nitrogen and oxygen atoms in total. The van der Waals surface area contributed by atoms with Crippen LogP contribution in [0, 0.1) is 0 Å². The van der Waals surface area contributed by atoms with E-state index in [1.54, 1.807) is 25.1 Å². The van der Waals surface area contributed by atoms with E-state index in [1.807, 2.05) is 31.2 Å². The highest BCUT2D eigenvalue weighted by atomic mass is 79.9. The molecule has 0 fully saturated rings. The van der Waals surface area contributed by atoms with E-state index in [-0.39, 0.29) is 28.2 Å². The molecule has 0 aliphatic carbocycles. The zero-order chi connectivity index (χ0) is 17.7. The highest BCUT2D eigenvalue weighted by Crippen LogP contribution is 2.20. The number of carbonyl (C=O) groups excluding carboxylic acids is 1. The maximum Gasteiger partial charge on any atom is 0.253 e. The lowest BCUT2D eigenvalue weighted by atomic mass is 10.1. The number of amides is 1. The molecule has 1 unspecified atom stereocenters. The molecule has 0 radical (unpaired) electrons. The number of benzene rings is 2. The van der Waals surface area contributed by atoms with Gasteiger partial charge in [-0.15, -0.1) is 0 Å². The number of sulfone groups is 1. The minimum Gasteiger partial charge on any atom is -0.345 e. The fourth-order valence-electron chi connectivity index (χ4n) is 2.41. The van der Waals surface area contributed by atoms with E-state index < -0.39 is 9.84 Å². The third-order valence-corrected chi connectivity index (χ3v) is 6.16. The average Bonchev–Trinajstić information content (AvgIpc) is 2.55. The first-order valence-electron chi connectivity index (χ1n) is 7.73. The van der Waals surface area contributed by atoms with Crippen LogP contribution in [0.1, 0.15) is 42.2 Å². The topological polar surface area (TPSA) is 63.2 Å². The highest BCUT2D eigenvalue weighted by molar-refractivity contribution is 9.10. The molecule has 6 heteroatoms. The zero-order valence-electron chi connectivity index (χ0n) is 13.6. The van der Waals surface area contributed by atoms with E-state index >= 15 is 0 Å². The molecule has 0 aliphatic heterocycles. The van der Waals surface area contributed by atoms with E-state index in [4.69, 9.17) is 0 Å². The van der Waals surface area contributed by atoms with Gasteiger partial charge in [0, 0.05) is 4.47 Å². The van der Waals surface area contributed by atoms with Crippen LogP contribution < -0.4 is 5.32 Å². The number of rotatable bonds is 6. The largest absolute Gasteiger partial charge is 0.345 e. The van der Waals surface area contributed by atoms with Gasteiger partial charge in [0.05, 0.1) is 22.3 Å². The first kappa shape index (κ1) is 18.7. The second-order valence-electron chi connectivity index (χ2n) is 5.56. The third-order valence-electron chi connectivity index (χ3n) is 3.66. The van der Waals surface area contributed by atoms with Crippen LogP contribution in [0.4, 0.5) is 0 Å². The van der Waals surface area contributed by atoms with Crippen molar-refractivity contribution >= 4 is 31.7 Å². The lowest BCUT2D eigenvalue weighted by Gasteiger charge is -2.16. The van der Waals surface area contributed by atoms with Gasteiger partial charge in [0.1, 0.15) is 0 Å². The van der Waals surface area contributed by atoms with Gasteiger partial charge < -0.3 is 5.32 Å². The quantitative estimate of drug-likeness (QED) is 0.779. The Kier molecular flexibility index (Phi) is 6.18. The van der Waals surface area contributed by atoms with Gasteiger partial charge in [0.25, 0.3) is 5.91 Å². The Labute approximate surface area is 151 Å². The summed E-state index contributed by atoms with van der Waals surface area (Å²) in [5.41, 5.74) is 1.13. The molecule has 2 aromatic rings. The van der Waals surface area contributed by atoms with Crippen molar-refractivity contribution in [3.8, 4) is 0 Å². The predicted molar refractivity (Wildman–Crippen MR) is 98.8 cm³/mol. The summed E-state index contributed by atoms with van der Waals surface area (Å²) in [5.74, 6) is -0.361. The van der Waals surface area contributed by atoms with Gasteiger partial charge in [-0.3, -0.25) is 4.79 Å². The Morgan fingerprint density at radius 3 is 2.38 bits per heavy atom. The maximum absolute atomic E-state index is 12.6. The summed E-state index contributed by atoms with van der Waals surface area (Å²) in [5, 5.41) is 2.87. The minimum absolute atomic E-state index is 0.0273. The molecule has 128 valence electrons. The van der Waals surface area contributed by atoms with Crippen molar-refractivity contribution in [3.63, 3.8) is 0 Å². The Bertz CT molecular complexity index is 816. The summed E-state index contributed by atoms with van der Waals surface area (Å²) >= 11 is 3.37. The van der Waals surface area contributed by atoms with Crippen LogP contribution in [0.25, 0.3) is 0 Å². The smallest absolute Gasteiger partial charge is 0.253 e. The van der Waals surface area contributed by atoms with Crippen molar-refractivity contribution in [1.29, 1.82) is 0 Å². The Hall–Kier alpha value is -1.66. The number of halogens is 1. The maximum atomic E-state index is 12.6. The fourth-order valence-corrected chi connectivity index (χ4v) is 4.22. The van der Waals surface area contributed by atoms with Crippen LogP contribution in [0.15, 0.2) is 57.9 Å². The third kappa shape index (κ3) is 4.45. The zero-order valence-corrected chi connectivity index (χ0v) is 16.0. The fraction of sp³-hybridized carbons (Fsp3) is 0.278. The van der Waals surface area contributed by atoms with Crippen LogP contribution in [0.5, 0.6) is 0 Å². The predicted octanol–water partition coefficient (Wildman–Crippen LogP) is 4.12. The van der Waals surface area contributed by atoms with Crippen molar-refractivity contribution in [3.05, 3.63) is 64.1 Å². The SMILES string of the molecule is CCCS(=O)(=O)c1ccccc1C(=O)NC(C)c1ccc(Br)cc1. The first-order valence-corrected chi connectivity index (χ1v) is 10.2. The Morgan fingerprint density at radius 1 is 1.12 bits per heavy atom. The summed E-state index contributed by atoms with van der Waals surface area (Å²) in [7, 11) is -3.46. The van der Waals surface area contributed by atoms with Crippen molar-refractivity contribution in [2.75, 3.05) is 5.75 Å². The van der Waals surface area contributed by atoms with Gasteiger partial charge in [-0.05, 0) is 43.2 Å². The molecule has 2 aromatic carbocycles. The molecule has 2 rings (SSSR count). The summed E-state index contributed by atoms with van der Waals surface area (Å²) in [6.07, 6.45) is 0.508. The van der Waals surface area contributed by atoms with Crippen molar-refractivity contribution in [2.24, 2.45) is 0 Å². The molecule has 24 heavy (non-hydrogen) atoms. The second kappa shape index (κ2) is 7.94. The molecule has 1 N–H and O–H groups in total. The highest BCUT2D eigenvalue weighted by Gasteiger charge is 2.22. The van der Waals surface area contributed by atoms with Crippen LogP contribution in [0.2, 0.25) is 0 Å². The van der Waals surface area contributed by atoms with Gasteiger partial charge in [-0.2, -0.15) is 0 Å². The van der Waals surface area contributed by atoms with Gasteiger partial charge in [-0.25, -0.2) is 8.42 Å². The van der Waals surface area contributed by atoms with Crippen molar-refractivity contribution in [2.45, 2.75) is 31.2 Å². The average molecular weight is 410 g/mol. The van der Waals surface area contributed by atoms with Gasteiger partial charge in [-0.1, -0.05) is 47.1 Å². The molecule has 1 atom stereocenters. The van der Waals surface area contributed by atoms with E-state index in [0.29, 0.717) is 6.42 Å². The van der Waals surface area contributed by atoms with Crippen LogP contribution in [-0.2, 0) is 9.84 Å². The summed E-state index contributed by atoms with van der Waals surface area (Å²) in [6, 6.07) is 13.7. The number of nitrogens with one attached hydrogen (secondary N) is 1. The Balaban J connectivity index is 2.26. The molecule has 0 saturated carbocycles. The van der Waals surface area contributed by atoms with Crippen LogP contribution in [-0.4, -0.2) is 20.1 Å². The second-order valence-corrected chi connectivity index (χ2v) is 8.55. The van der Waals surface area contributed by atoms with Crippen molar-refractivity contribution in [1.82, 2.24) is 5.32 Å². The lowest BCUT2D eigenvalue weighted by molar-refractivity contribution is 0.0936. The number of carbonyl (C=O) groups is 1. The van der Waals surface area contributed by atoms with Gasteiger partial charge in [0.15, 0.2) is 9.84 Å². The molecule has 0 aliphatic rings. The number of hydrogen-bond acceptors (Lipinski definition) is 3. The molecular weight excluding hydrogens is 390 g/mol. The minimum atomic E-state index is -3.46. The summed E-state index contributed by atoms with van der Waals surface area (Å²) < 4.78 is 25.7. The molecule has 0 bridgehead atoms. The summed E-state index contributed by atoms with van der Waals surface area (Å²) in [4.78, 5) is 12.7. The van der Waals surface area contributed by atoms with E-state index in [2.05, 4.69) is 21.2 Å². The van der Waals surface area contributed by atoms with Gasteiger partial charge >= 0.3 is 0 Å². The van der Waals surface area contributed by atoms with E-state index in [0.717, 1.165) is 10.0 Å². The first-order chi connectivity index (χ1) is 11.3. The molecule has 1 amide bonds.